The lowest BCUT2D eigenvalue weighted by atomic mass is 9.95. The van der Waals surface area contributed by atoms with E-state index in [0.717, 1.165) is 38.0 Å². The van der Waals surface area contributed by atoms with Crippen molar-refractivity contribution in [3.8, 4) is 0 Å². The number of nitrogens with two attached hydrogens (primary N) is 1. The molecule has 1 aromatic rings. The Morgan fingerprint density at radius 1 is 1.35 bits per heavy atom. The van der Waals surface area contributed by atoms with Gasteiger partial charge in [-0.3, -0.25) is 0 Å². The Labute approximate surface area is 121 Å². The smallest absolute Gasteiger partial charge is 0.146 e. The first-order chi connectivity index (χ1) is 9.49. The molecule has 1 atom stereocenters. The Kier molecular flexibility index (Phi) is 5.00. The summed E-state index contributed by atoms with van der Waals surface area (Å²) in [6, 6.07) is 5.08. The van der Waals surface area contributed by atoms with Crippen molar-refractivity contribution in [3.05, 3.63) is 29.6 Å². The van der Waals surface area contributed by atoms with E-state index in [9.17, 15) is 4.39 Å². The van der Waals surface area contributed by atoms with Crippen LogP contribution in [-0.4, -0.2) is 38.6 Å². The minimum Gasteiger partial charge on any atom is -0.369 e. The third-order valence-electron chi connectivity index (χ3n) is 4.06. The van der Waals surface area contributed by atoms with E-state index < -0.39 is 0 Å². The van der Waals surface area contributed by atoms with Gasteiger partial charge in [-0.15, -0.1) is 0 Å². The van der Waals surface area contributed by atoms with Crippen molar-refractivity contribution >= 4 is 5.69 Å². The fourth-order valence-corrected chi connectivity index (χ4v) is 3.09. The maximum atomic E-state index is 14.2. The molecule has 0 unspecified atom stereocenters. The highest BCUT2D eigenvalue weighted by Crippen LogP contribution is 2.31. The van der Waals surface area contributed by atoms with Crippen LogP contribution in [0, 0.1) is 11.7 Å². The van der Waals surface area contributed by atoms with Crippen molar-refractivity contribution in [2.75, 3.05) is 38.6 Å². The number of piperidine rings is 1. The summed E-state index contributed by atoms with van der Waals surface area (Å²) in [7, 11) is 4.22. The highest BCUT2D eigenvalue weighted by molar-refractivity contribution is 5.56. The van der Waals surface area contributed by atoms with E-state index >= 15 is 0 Å². The number of nitrogens with zero attached hydrogens (tertiary/aromatic N) is 2. The van der Waals surface area contributed by atoms with Crippen LogP contribution in [0.25, 0.3) is 0 Å². The molecule has 112 valence electrons. The lowest BCUT2D eigenvalue weighted by Gasteiger charge is -2.36. The number of benzene rings is 1. The van der Waals surface area contributed by atoms with Gasteiger partial charge in [-0.05, 0) is 51.4 Å². The number of hydrogen-bond acceptors (Lipinski definition) is 3. The van der Waals surface area contributed by atoms with E-state index in [1.807, 2.05) is 13.0 Å². The number of rotatable bonds is 4. The summed E-state index contributed by atoms with van der Waals surface area (Å²) in [4.78, 5) is 4.40. The molecule has 0 aromatic heterocycles. The SMILES string of the molecule is C[C@@H](N)c1cccc(F)c1N1CCC(CN(C)C)CC1. The molecule has 20 heavy (non-hydrogen) atoms. The van der Waals surface area contributed by atoms with E-state index in [-0.39, 0.29) is 11.9 Å². The summed E-state index contributed by atoms with van der Waals surface area (Å²) < 4.78 is 14.2. The van der Waals surface area contributed by atoms with Gasteiger partial charge >= 0.3 is 0 Å². The van der Waals surface area contributed by atoms with Gasteiger partial charge < -0.3 is 15.5 Å². The number of halogens is 1. The highest BCUT2D eigenvalue weighted by atomic mass is 19.1. The van der Waals surface area contributed by atoms with Crippen LogP contribution in [0.5, 0.6) is 0 Å². The predicted molar refractivity (Wildman–Crippen MR) is 82.5 cm³/mol. The van der Waals surface area contributed by atoms with E-state index in [2.05, 4.69) is 23.9 Å². The predicted octanol–water partition coefficient (Wildman–Crippen LogP) is 2.62. The van der Waals surface area contributed by atoms with Gasteiger partial charge in [0.1, 0.15) is 5.82 Å². The zero-order valence-electron chi connectivity index (χ0n) is 12.8. The molecular formula is C16H26FN3. The molecule has 2 N–H and O–H groups in total. The van der Waals surface area contributed by atoms with Crippen molar-refractivity contribution in [2.24, 2.45) is 11.7 Å². The monoisotopic (exact) mass is 279 g/mol. The Balaban J connectivity index is 2.11. The zero-order valence-corrected chi connectivity index (χ0v) is 12.8. The largest absolute Gasteiger partial charge is 0.369 e. The normalized spacial score (nSPS) is 18.6. The third kappa shape index (κ3) is 3.49. The van der Waals surface area contributed by atoms with Gasteiger partial charge in [0.15, 0.2) is 0 Å². The first-order valence-electron chi connectivity index (χ1n) is 7.42. The van der Waals surface area contributed by atoms with Crippen LogP contribution in [0.1, 0.15) is 31.4 Å². The van der Waals surface area contributed by atoms with Crippen molar-refractivity contribution < 1.29 is 4.39 Å². The molecule has 0 aliphatic carbocycles. The maximum Gasteiger partial charge on any atom is 0.146 e. The van der Waals surface area contributed by atoms with Gasteiger partial charge in [0.2, 0.25) is 0 Å². The van der Waals surface area contributed by atoms with Gasteiger partial charge in [0, 0.05) is 25.7 Å². The maximum absolute atomic E-state index is 14.2. The molecule has 1 aliphatic rings. The molecular weight excluding hydrogens is 253 g/mol. The fraction of sp³-hybridized carbons (Fsp3) is 0.625. The second-order valence-electron chi connectivity index (χ2n) is 6.16. The number of hydrogen-bond donors (Lipinski definition) is 1. The molecule has 1 aromatic carbocycles. The molecule has 4 heteroatoms. The Hall–Kier alpha value is -1.13. The summed E-state index contributed by atoms with van der Waals surface area (Å²) in [5, 5.41) is 0. The van der Waals surface area contributed by atoms with Crippen LogP contribution in [0.15, 0.2) is 18.2 Å². The Bertz CT molecular complexity index is 437. The Morgan fingerprint density at radius 2 is 2.00 bits per heavy atom. The quantitative estimate of drug-likeness (QED) is 0.919. The van der Waals surface area contributed by atoms with Crippen LogP contribution >= 0.6 is 0 Å². The average molecular weight is 279 g/mol. The molecule has 0 spiro atoms. The van der Waals surface area contributed by atoms with E-state index in [0.29, 0.717) is 11.6 Å². The first-order valence-corrected chi connectivity index (χ1v) is 7.42. The van der Waals surface area contributed by atoms with E-state index in [4.69, 9.17) is 5.73 Å². The summed E-state index contributed by atoms with van der Waals surface area (Å²) >= 11 is 0. The summed E-state index contributed by atoms with van der Waals surface area (Å²) in [6.45, 7) is 4.86. The van der Waals surface area contributed by atoms with Gasteiger partial charge in [0.25, 0.3) is 0 Å². The van der Waals surface area contributed by atoms with Crippen LogP contribution in [-0.2, 0) is 0 Å². The second-order valence-corrected chi connectivity index (χ2v) is 6.16. The van der Waals surface area contributed by atoms with Crippen LogP contribution in [0.3, 0.4) is 0 Å². The van der Waals surface area contributed by atoms with Crippen molar-refractivity contribution in [1.29, 1.82) is 0 Å². The lowest BCUT2D eigenvalue weighted by molar-refractivity contribution is 0.284. The summed E-state index contributed by atoms with van der Waals surface area (Å²) in [5.74, 6) is 0.567. The minimum absolute atomic E-state index is 0.139. The van der Waals surface area contributed by atoms with Crippen molar-refractivity contribution in [1.82, 2.24) is 4.90 Å². The zero-order chi connectivity index (χ0) is 14.7. The molecule has 1 fully saturated rings. The molecule has 0 radical (unpaired) electrons. The molecule has 0 amide bonds. The summed E-state index contributed by atoms with van der Waals surface area (Å²) in [5.41, 5.74) is 7.61. The van der Waals surface area contributed by atoms with E-state index in [1.54, 1.807) is 6.07 Å². The molecule has 1 saturated heterocycles. The molecule has 0 bridgehead atoms. The number of anilines is 1. The van der Waals surface area contributed by atoms with Crippen LogP contribution in [0.2, 0.25) is 0 Å². The minimum atomic E-state index is -0.147. The van der Waals surface area contributed by atoms with Gasteiger partial charge in [-0.25, -0.2) is 4.39 Å². The molecule has 2 rings (SSSR count). The second kappa shape index (κ2) is 6.55. The fourth-order valence-electron chi connectivity index (χ4n) is 3.09. The first kappa shape index (κ1) is 15.3. The Morgan fingerprint density at radius 3 is 2.55 bits per heavy atom. The molecule has 3 nitrogen and oxygen atoms in total. The molecule has 1 heterocycles. The van der Waals surface area contributed by atoms with E-state index in [1.165, 1.54) is 6.07 Å². The molecule has 0 saturated carbocycles. The third-order valence-corrected chi connectivity index (χ3v) is 4.06. The van der Waals surface area contributed by atoms with Gasteiger partial charge in [0.05, 0.1) is 5.69 Å². The average Bonchev–Trinajstić information content (AvgIpc) is 2.39. The van der Waals surface area contributed by atoms with Gasteiger partial charge in [-0.1, -0.05) is 12.1 Å². The molecule has 1 aliphatic heterocycles. The van der Waals surface area contributed by atoms with Gasteiger partial charge in [-0.2, -0.15) is 0 Å². The van der Waals surface area contributed by atoms with Crippen molar-refractivity contribution in [3.63, 3.8) is 0 Å². The number of para-hydroxylation sites is 1. The summed E-state index contributed by atoms with van der Waals surface area (Å²) in [6.07, 6.45) is 2.23. The highest BCUT2D eigenvalue weighted by Gasteiger charge is 2.24. The standard InChI is InChI=1S/C16H26FN3/c1-12(18)14-5-4-6-15(17)16(14)20-9-7-13(8-10-20)11-19(2)3/h4-6,12-13H,7-11,18H2,1-3H3/t12-/m1/s1. The van der Waals surface area contributed by atoms with Crippen molar-refractivity contribution in [2.45, 2.75) is 25.8 Å². The lowest BCUT2D eigenvalue weighted by Crippen LogP contribution is -2.38. The topological polar surface area (TPSA) is 32.5 Å². The van der Waals surface area contributed by atoms with Crippen LogP contribution in [0.4, 0.5) is 10.1 Å². The van der Waals surface area contributed by atoms with Crippen LogP contribution < -0.4 is 10.6 Å².